The van der Waals surface area contributed by atoms with Gasteiger partial charge in [-0.25, -0.2) is 17.8 Å². The van der Waals surface area contributed by atoms with Gasteiger partial charge in [0.2, 0.25) is 0 Å². The van der Waals surface area contributed by atoms with E-state index in [4.69, 9.17) is 4.74 Å². The fourth-order valence-electron chi connectivity index (χ4n) is 3.27. The van der Waals surface area contributed by atoms with E-state index in [1.807, 2.05) is 6.07 Å². The maximum Gasteiger partial charge on any atom is 0.265 e. The van der Waals surface area contributed by atoms with Gasteiger partial charge in [0.25, 0.3) is 15.6 Å². The van der Waals surface area contributed by atoms with E-state index in [1.54, 1.807) is 37.3 Å². The number of hydrogen-bond donors (Lipinski definition) is 1. The predicted octanol–water partition coefficient (Wildman–Crippen LogP) is 3.64. The molecule has 0 saturated carbocycles. The normalized spacial score (nSPS) is 11.5. The number of hydrogen-bond acceptors (Lipinski definition) is 5. The third kappa shape index (κ3) is 3.87. The first-order valence-corrected chi connectivity index (χ1v) is 10.7. The second-order valence-corrected chi connectivity index (χ2v) is 8.44. The minimum absolute atomic E-state index is 0.0918. The Morgan fingerprint density at radius 2 is 1.74 bits per heavy atom. The molecule has 0 amide bonds. The van der Waals surface area contributed by atoms with Gasteiger partial charge in [0, 0.05) is 6.07 Å². The van der Waals surface area contributed by atoms with E-state index >= 15 is 0 Å². The standard InChI is InChI=1S/C22H18FN3O4S/c1-14-24-19-6-4-3-5-18(19)22(27)26(14)16-9-12-20(21(13-16)30-2)25-31(28,29)17-10-7-15(23)8-11-17/h3-13,25H,1-2H3. The maximum atomic E-state index is 13.1. The zero-order chi connectivity index (χ0) is 22.2. The summed E-state index contributed by atoms with van der Waals surface area (Å²) >= 11 is 0. The fourth-order valence-corrected chi connectivity index (χ4v) is 4.34. The van der Waals surface area contributed by atoms with Crippen molar-refractivity contribution in [3.63, 3.8) is 0 Å². The zero-order valence-corrected chi connectivity index (χ0v) is 17.5. The Hall–Kier alpha value is -3.72. The number of nitrogens with zero attached hydrogens (tertiary/aromatic N) is 2. The minimum Gasteiger partial charge on any atom is -0.494 e. The Kier molecular flexibility index (Phi) is 5.20. The largest absolute Gasteiger partial charge is 0.494 e. The molecule has 0 aliphatic carbocycles. The van der Waals surface area contributed by atoms with Crippen LogP contribution in [0.1, 0.15) is 5.82 Å². The number of anilines is 1. The van der Waals surface area contributed by atoms with Crippen LogP contribution < -0.4 is 15.0 Å². The first kappa shape index (κ1) is 20.5. The number of aromatic nitrogens is 2. The topological polar surface area (TPSA) is 90.3 Å². The van der Waals surface area contributed by atoms with E-state index in [0.717, 1.165) is 12.1 Å². The van der Waals surface area contributed by atoms with Gasteiger partial charge in [-0.15, -0.1) is 0 Å². The van der Waals surface area contributed by atoms with E-state index in [0.29, 0.717) is 22.4 Å². The number of rotatable bonds is 5. The molecule has 9 heteroatoms. The summed E-state index contributed by atoms with van der Waals surface area (Å²) in [6.45, 7) is 1.71. The summed E-state index contributed by atoms with van der Waals surface area (Å²) in [7, 11) is -2.57. The molecule has 0 spiro atoms. The molecule has 0 bridgehead atoms. The van der Waals surface area contributed by atoms with Crippen molar-refractivity contribution in [2.24, 2.45) is 0 Å². The van der Waals surface area contributed by atoms with Gasteiger partial charge in [-0.3, -0.25) is 14.1 Å². The molecule has 0 unspecified atom stereocenters. The summed E-state index contributed by atoms with van der Waals surface area (Å²) in [5.41, 5.74) is 0.999. The van der Waals surface area contributed by atoms with E-state index in [2.05, 4.69) is 9.71 Å². The number of fused-ring (bicyclic) bond motifs is 1. The van der Waals surface area contributed by atoms with Gasteiger partial charge in [-0.2, -0.15) is 0 Å². The van der Waals surface area contributed by atoms with Crippen LogP contribution in [-0.2, 0) is 10.0 Å². The molecular weight excluding hydrogens is 421 g/mol. The molecule has 1 N–H and O–H groups in total. The van der Waals surface area contributed by atoms with Gasteiger partial charge in [-0.1, -0.05) is 12.1 Å². The van der Waals surface area contributed by atoms with Crippen LogP contribution in [0.25, 0.3) is 16.6 Å². The van der Waals surface area contributed by atoms with E-state index in [-0.39, 0.29) is 21.9 Å². The van der Waals surface area contributed by atoms with E-state index in [1.165, 1.54) is 29.9 Å². The first-order valence-electron chi connectivity index (χ1n) is 9.25. The van der Waals surface area contributed by atoms with Crippen molar-refractivity contribution < 1.29 is 17.5 Å². The molecular formula is C22H18FN3O4S. The summed E-state index contributed by atoms with van der Waals surface area (Å²) < 4.78 is 47.6. The van der Waals surface area contributed by atoms with Gasteiger partial charge < -0.3 is 4.74 Å². The first-order chi connectivity index (χ1) is 14.8. The van der Waals surface area contributed by atoms with Crippen molar-refractivity contribution in [2.75, 3.05) is 11.8 Å². The Bertz CT molecular complexity index is 1450. The number of aryl methyl sites for hydroxylation is 1. The molecule has 3 aromatic carbocycles. The molecule has 0 aliphatic heterocycles. The molecule has 4 aromatic rings. The van der Waals surface area contributed by atoms with Gasteiger partial charge in [-0.05, 0) is 55.5 Å². The highest BCUT2D eigenvalue weighted by molar-refractivity contribution is 7.92. The molecule has 1 aromatic heterocycles. The molecule has 0 atom stereocenters. The third-order valence-electron chi connectivity index (χ3n) is 4.75. The number of methoxy groups -OCH3 is 1. The lowest BCUT2D eigenvalue weighted by Crippen LogP contribution is -2.22. The molecule has 0 saturated heterocycles. The minimum atomic E-state index is -3.96. The van der Waals surface area contributed by atoms with E-state index in [9.17, 15) is 17.6 Å². The van der Waals surface area contributed by atoms with Crippen molar-refractivity contribution in [2.45, 2.75) is 11.8 Å². The molecule has 0 fully saturated rings. The van der Waals surface area contributed by atoms with Crippen molar-refractivity contribution >= 4 is 26.6 Å². The fraction of sp³-hybridized carbons (Fsp3) is 0.0909. The van der Waals surface area contributed by atoms with Crippen LogP contribution in [0.5, 0.6) is 5.75 Å². The Balaban J connectivity index is 1.77. The summed E-state index contributed by atoms with van der Waals surface area (Å²) in [5.74, 6) is 0.152. The third-order valence-corrected chi connectivity index (χ3v) is 6.14. The quantitative estimate of drug-likeness (QED) is 0.513. The smallest absolute Gasteiger partial charge is 0.265 e. The van der Waals surface area contributed by atoms with Crippen molar-refractivity contribution in [1.82, 2.24) is 9.55 Å². The zero-order valence-electron chi connectivity index (χ0n) is 16.7. The van der Waals surface area contributed by atoms with Crippen molar-refractivity contribution in [3.8, 4) is 11.4 Å². The highest BCUT2D eigenvalue weighted by atomic mass is 32.2. The van der Waals surface area contributed by atoms with E-state index < -0.39 is 15.8 Å². The van der Waals surface area contributed by atoms with Gasteiger partial charge in [0.15, 0.2) is 0 Å². The van der Waals surface area contributed by atoms with Crippen LogP contribution in [0.4, 0.5) is 10.1 Å². The van der Waals surface area contributed by atoms with Crippen LogP contribution in [0.2, 0.25) is 0 Å². The number of sulfonamides is 1. The summed E-state index contributed by atoms with van der Waals surface area (Å²) in [5, 5.41) is 0.466. The Morgan fingerprint density at radius 3 is 2.45 bits per heavy atom. The van der Waals surface area contributed by atoms with Crippen LogP contribution in [0.3, 0.4) is 0 Å². The van der Waals surface area contributed by atoms with Crippen LogP contribution >= 0.6 is 0 Å². The highest BCUT2D eigenvalue weighted by Gasteiger charge is 2.18. The number of para-hydroxylation sites is 1. The molecule has 1 heterocycles. The average Bonchev–Trinajstić information content (AvgIpc) is 2.74. The molecule has 0 aliphatic rings. The summed E-state index contributed by atoms with van der Waals surface area (Å²) in [6.07, 6.45) is 0. The van der Waals surface area contributed by atoms with Crippen LogP contribution in [-0.4, -0.2) is 25.1 Å². The SMILES string of the molecule is COc1cc(-n2c(C)nc3ccccc3c2=O)ccc1NS(=O)(=O)c1ccc(F)cc1. The molecule has 7 nitrogen and oxygen atoms in total. The average molecular weight is 439 g/mol. The number of ether oxygens (including phenoxy) is 1. The summed E-state index contributed by atoms with van der Waals surface area (Å²) in [4.78, 5) is 17.4. The molecule has 0 radical (unpaired) electrons. The Labute approximate surface area is 177 Å². The van der Waals surface area contributed by atoms with Crippen LogP contribution in [0, 0.1) is 12.7 Å². The molecule has 4 rings (SSSR count). The summed E-state index contributed by atoms with van der Waals surface area (Å²) in [6, 6.07) is 16.1. The lowest BCUT2D eigenvalue weighted by atomic mass is 10.2. The molecule has 31 heavy (non-hydrogen) atoms. The van der Waals surface area contributed by atoms with Crippen molar-refractivity contribution in [1.29, 1.82) is 0 Å². The maximum absolute atomic E-state index is 13.1. The second-order valence-electron chi connectivity index (χ2n) is 6.76. The van der Waals surface area contributed by atoms with Gasteiger partial charge >= 0.3 is 0 Å². The lowest BCUT2D eigenvalue weighted by molar-refractivity contribution is 0.416. The monoisotopic (exact) mass is 439 g/mol. The lowest BCUT2D eigenvalue weighted by Gasteiger charge is -2.15. The number of benzene rings is 3. The Morgan fingerprint density at radius 1 is 1.03 bits per heavy atom. The number of halogens is 1. The van der Waals surface area contributed by atoms with Crippen molar-refractivity contribution in [3.05, 3.63) is 88.7 Å². The van der Waals surface area contributed by atoms with Gasteiger partial charge in [0.1, 0.15) is 17.4 Å². The predicted molar refractivity (Wildman–Crippen MR) is 116 cm³/mol. The second kappa shape index (κ2) is 7.84. The number of nitrogens with one attached hydrogen (secondary N) is 1. The molecule has 158 valence electrons. The van der Waals surface area contributed by atoms with Gasteiger partial charge in [0.05, 0.1) is 34.3 Å². The highest BCUT2D eigenvalue weighted by Crippen LogP contribution is 2.29. The van der Waals surface area contributed by atoms with Crippen LogP contribution in [0.15, 0.2) is 76.4 Å².